The fourth-order valence-electron chi connectivity index (χ4n) is 3.70. The third kappa shape index (κ3) is 8.25. The second-order valence-electron chi connectivity index (χ2n) is 8.71. The van der Waals surface area contributed by atoms with Crippen molar-refractivity contribution in [3.63, 3.8) is 0 Å². The molecule has 0 atom stereocenters. The number of esters is 2. The largest absolute Gasteiger partial charge is 0.465 e. The lowest BCUT2D eigenvalue weighted by Gasteiger charge is -2.13. The van der Waals surface area contributed by atoms with Crippen molar-refractivity contribution < 1.29 is 19.1 Å². The monoisotopic (exact) mass is 569 g/mol. The fourth-order valence-corrected chi connectivity index (χ4v) is 5.93. The van der Waals surface area contributed by atoms with Crippen LogP contribution in [0.1, 0.15) is 58.5 Å². The molecular formula is C33H31NO4S2. The zero-order valence-electron chi connectivity index (χ0n) is 22.9. The van der Waals surface area contributed by atoms with E-state index in [1.54, 1.807) is 30.0 Å². The van der Waals surface area contributed by atoms with Crippen LogP contribution in [0.4, 0.5) is 0 Å². The maximum Gasteiger partial charge on any atom is 0.339 e. The smallest absolute Gasteiger partial charge is 0.339 e. The summed E-state index contributed by atoms with van der Waals surface area (Å²) in [5, 5.41) is 9.07. The van der Waals surface area contributed by atoms with Crippen LogP contribution in [0.15, 0.2) is 117 Å². The van der Waals surface area contributed by atoms with Gasteiger partial charge in [0.05, 0.1) is 30.4 Å². The van der Waals surface area contributed by atoms with Crippen LogP contribution in [-0.4, -0.2) is 25.7 Å². The van der Waals surface area contributed by atoms with Gasteiger partial charge in [-0.2, -0.15) is 5.26 Å². The number of carbonyl (C=O) groups is 2. The fraction of sp³-hybridized carbons (Fsp3) is 0.182. The second-order valence-corrected chi connectivity index (χ2v) is 10.9. The molecule has 0 saturated carbocycles. The average molecular weight is 570 g/mol. The molecule has 0 aliphatic carbocycles. The van der Waals surface area contributed by atoms with Crippen LogP contribution in [0.2, 0.25) is 0 Å². The van der Waals surface area contributed by atoms with Gasteiger partial charge in [0.2, 0.25) is 0 Å². The standard InChI is InChI=1S/C18H20O2S.C15H11NO2S/c1-4-20-18(19)15-10-6-8-12-17(15)21-16-11-7-5-9-14(16)13(2)3;1-18-15(17)12-7-3-5-9-14(12)19-13-8-4-2-6-11(13)10-16/h5-13H,4H2,1-3H3;2-9H,1H3. The first-order valence-corrected chi connectivity index (χ1v) is 14.4. The molecule has 7 heteroatoms. The maximum atomic E-state index is 12.0. The Bertz CT molecular complexity index is 1490. The van der Waals surface area contributed by atoms with Crippen molar-refractivity contribution in [1.29, 1.82) is 5.26 Å². The quantitative estimate of drug-likeness (QED) is 0.197. The van der Waals surface area contributed by atoms with Gasteiger partial charge in [-0.3, -0.25) is 0 Å². The summed E-state index contributed by atoms with van der Waals surface area (Å²) >= 11 is 3.01. The minimum atomic E-state index is -0.377. The number of hydrogen-bond acceptors (Lipinski definition) is 7. The molecular weight excluding hydrogens is 539 g/mol. The van der Waals surface area contributed by atoms with Crippen molar-refractivity contribution in [2.75, 3.05) is 13.7 Å². The Morgan fingerprint density at radius 2 is 1.20 bits per heavy atom. The molecule has 0 aliphatic rings. The molecule has 0 spiro atoms. The molecule has 0 fully saturated rings. The summed E-state index contributed by atoms with van der Waals surface area (Å²) in [5.74, 6) is -0.191. The number of rotatable bonds is 8. The highest BCUT2D eigenvalue weighted by atomic mass is 32.2. The molecule has 0 amide bonds. The topological polar surface area (TPSA) is 76.4 Å². The highest BCUT2D eigenvalue weighted by Crippen LogP contribution is 2.36. The van der Waals surface area contributed by atoms with Gasteiger partial charge in [-0.25, -0.2) is 9.59 Å². The zero-order valence-corrected chi connectivity index (χ0v) is 24.6. The Morgan fingerprint density at radius 1 is 0.725 bits per heavy atom. The number of carbonyl (C=O) groups excluding carboxylic acids is 2. The lowest BCUT2D eigenvalue weighted by atomic mass is 10.0. The van der Waals surface area contributed by atoms with Gasteiger partial charge >= 0.3 is 11.9 Å². The summed E-state index contributed by atoms with van der Waals surface area (Å²) in [4.78, 5) is 27.4. The van der Waals surface area contributed by atoms with Crippen LogP contribution in [-0.2, 0) is 9.47 Å². The molecule has 0 heterocycles. The summed E-state index contributed by atoms with van der Waals surface area (Å²) in [7, 11) is 1.35. The van der Waals surface area contributed by atoms with Crippen molar-refractivity contribution >= 4 is 35.5 Å². The predicted molar refractivity (Wildman–Crippen MR) is 160 cm³/mol. The minimum absolute atomic E-state index is 0.261. The van der Waals surface area contributed by atoms with E-state index < -0.39 is 0 Å². The number of methoxy groups -OCH3 is 1. The molecule has 0 N–H and O–H groups in total. The number of benzene rings is 4. The van der Waals surface area contributed by atoms with E-state index in [9.17, 15) is 9.59 Å². The first-order valence-electron chi connectivity index (χ1n) is 12.8. The maximum absolute atomic E-state index is 12.0. The van der Waals surface area contributed by atoms with Crippen LogP contribution in [0.5, 0.6) is 0 Å². The zero-order chi connectivity index (χ0) is 28.9. The van der Waals surface area contributed by atoms with E-state index in [1.165, 1.54) is 29.3 Å². The van der Waals surface area contributed by atoms with Gasteiger partial charge in [0.15, 0.2) is 0 Å². The molecule has 204 valence electrons. The highest BCUT2D eigenvalue weighted by molar-refractivity contribution is 7.99. The lowest BCUT2D eigenvalue weighted by molar-refractivity contribution is 0.0521. The van der Waals surface area contributed by atoms with E-state index in [4.69, 9.17) is 14.7 Å². The minimum Gasteiger partial charge on any atom is -0.465 e. The van der Waals surface area contributed by atoms with E-state index in [2.05, 4.69) is 38.1 Å². The summed E-state index contributed by atoms with van der Waals surface area (Å²) < 4.78 is 9.89. The number of nitriles is 1. The van der Waals surface area contributed by atoms with Crippen LogP contribution in [0.25, 0.3) is 0 Å². The molecule has 0 radical (unpaired) electrons. The van der Waals surface area contributed by atoms with Gasteiger partial charge in [0, 0.05) is 19.6 Å². The Morgan fingerprint density at radius 3 is 1.75 bits per heavy atom. The van der Waals surface area contributed by atoms with E-state index in [1.807, 2.05) is 67.6 Å². The summed E-state index contributed by atoms with van der Waals surface area (Å²) in [5.41, 5.74) is 3.01. The molecule has 4 aromatic rings. The first kappa shape index (κ1) is 30.6. The normalized spacial score (nSPS) is 10.2. The SMILES string of the molecule is CCOC(=O)c1ccccc1Sc1ccccc1C(C)C.COC(=O)c1ccccc1Sc1ccccc1C#N. The second kappa shape index (κ2) is 15.6. The van der Waals surface area contributed by atoms with Gasteiger partial charge in [0.25, 0.3) is 0 Å². The van der Waals surface area contributed by atoms with Gasteiger partial charge in [-0.1, -0.05) is 92.0 Å². The Hall–Kier alpha value is -3.99. The molecule has 0 aromatic heterocycles. The van der Waals surface area contributed by atoms with Crippen molar-refractivity contribution in [1.82, 2.24) is 0 Å². The van der Waals surface area contributed by atoms with Crippen molar-refractivity contribution in [2.24, 2.45) is 0 Å². The van der Waals surface area contributed by atoms with Crippen LogP contribution in [0.3, 0.4) is 0 Å². The molecule has 0 aliphatic heterocycles. The molecule has 4 aromatic carbocycles. The average Bonchev–Trinajstić information content (AvgIpc) is 2.98. The lowest BCUT2D eigenvalue weighted by Crippen LogP contribution is -2.06. The Labute approximate surface area is 244 Å². The van der Waals surface area contributed by atoms with Gasteiger partial charge < -0.3 is 9.47 Å². The van der Waals surface area contributed by atoms with Crippen molar-refractivity contribution in [2.45, 2.75) is 46.3 Å². The third-order valence-electron chi connectivity index (χ3n) is 5.66. The van der Waals surface area contributed by atoms with E-state index >= 15 is 0 Å². The Balaban J connectivity index is 0.000000222. The van der Waals surface area contributed by atoms with E-state index in [-0.39, 0.29) is 11.9 Å². The third-order valence-corrected chi connectivity index (χ3v) is 7.98. The predicted octanol–water partition coefficient (Wildman–Crippen LogP) is 8.63. The summed E-state index contributed by atoms with van der Waals surface area (Å²) in [6.45, 7) is 6.56. The van der Waals surface area contributed by atoms with E-state index in [0.29, 0.717) is 29.2 Å². The van der Waals surface area contributed by atoms with Gasteiger partial charge in [-0.15, -0.1) is 0 Å². The molecule has 0 unspecified atom stereocenters. The number of ether oxygens (including phenoxy) is 2. The van der Waals surface area contributed by atoms with Crippen LogP contribution < -0.4 is 0 Å². The first-order chi connectivity index (χ1) is 19.4. The van der Waals surface area contributed by atoms with Crippen molar-refractivity contribution in [3.8, 4) is 6.07 Å². The van der Waals surface area contributed by atoms with Crippen molar-refractivity contribution in [3.05, 3.63) is 119 Å². The number of hydrogen-bond donors (Lipinski definition) is 0. The van der Waals surface area contributed by atoms with Crippen LogP contribution >= 0.6 is 23.5 Å². The van der Waals surface area contributed by atoms with Crippen LogP contribution in [0, 0.1) is 11.3 Å². The molecule has 0 bridgehead atoms. The highest BCUT2D eigenvalue weighted by Gasteiger charge is 2.15. The molecule has 40 heavy (non-hydrogen) atoms. The molecule has 4 rings (SSSR count). The van der Waals surface area contributed by atoms with Gasteiger partial charge in [0.1, 0.15) is 6.07 Å². The Kier molecular flexibility index (Phi) is 11.9. The summed E-state index contributed by atoms with van der Waals surface area (Å²) in [6, 6.07) is 32.5. The van der Waals surface area contributed by atoms with Gasteiger partial charge in [-0.05, 0) is 60.9 Å². The molecule has 5 nitrogen and oxygen atoms in total. The van der Waals surface area contributed by atoms with E-state index in [0.717, 1.165) is 14.7 Å². The summed E-state index contributed by atoms with van der Waals surface area (Å²) in [6.07, 6.45) is 0. The molecule has 0 saturated heterocycles. The number of nitrogens with zero attached hydrogens (tertiary/aromatic N) is 1.